The van der Waals surface area contributed by atoms with E-state index in [1.807, 2.05) is 30.5 Å². The van der Waals surface area contributed by atoms with Gasteiger partial charge in [-0.2, -0.15) is 0 Å². The number of rotatable bonds is 4. The van der Waals surface area contributed by atoms with Crippen molar-refractivity contribution in [2.45, 2.75) is 13.8 Å². The second-order valence-electron chi connectivity index (χ2n) is 5.51. The van der Waals surface area contributed by atoms with Crippen LogP contribution in [0, 0.1) is 6.92 Å². The van der Waals surface area contributed by atoms with Crippen molar-refractivity contribution in [1.82, 2.24) is 14.4 Å². The molecular weight excluding hydrogens is 372 g/mol. The molecule has 1 amide bonds. The fourth-order valence-electron chi connectivity index (χ4n) is 2.56. The number of carbonyl (C=O) groups excluding carboxylic acids is 1. The Bertz CT molecular complexity index is 1190. The lowest BCUT2D eigenvalue weighted by Gasteiger charge is -2.02. The highest BCUT2D eigenvalue weighted by molar-refractivity contribution is 7.22. The highest BCUT2D eigenvalue weighted by Gasteiger charge is 2.17. The number of hydrogen-bond acceptors (Lipinski definition) is 7. The maximum Gasteiger partial charge on any atom is 0.271 e. The summed E-state index contributed by atoms with van der Waals surface area (Å²) in [5.41, 5.74) is 1.11. The largest absolute Gasteiger partial charge is 0.494 e. The zero-order chi connectivity index (χ0) is 18.3. The van der Waals surface area contributed by atoms with Gasteiger partial charge >= 0.3 is 0 Å². The minimum absolute atomic E-state index is 0.0155. The van der Waals surface area contributed by atoms with Crippen LogP contribution in [0.5, 0.6) is 5.75 Å². The van der Waals surface area contributed by atoms with Crippen LogP contribution < -0.4 is 15.6 Å². The lowest BCUT2D eigenvalue weighted by molar-refractivity contribution is 0.102. The van der Waals surface area contributed by atoms with Crippen molar-refractivity contribution >= 4 is 48.9 Å². The Balaban J connectivity index is 1.66. The van der Waals surface area contributed by atoms with Gasteiger partial charge in [-0.3, -0.25) is 19.3 Å². The molecule has 9 heteroatoms. The molecule has 0 aliphatic carbocycles. The third kappa shape index (κ3) is 2.85. The quantitative estimate of drug-likeness (QED) is 0.581. The summed E-state index contributed by atoms with van der Waals surface area (Å²) in [5.74, 6) is 0.231. The molecule has 1 N–H and O–H groups in total. The molecule has 0 bridgehead atoms. The third-order valence-corrected chi connectivity index (χ3v) is 5.64. The van der Waals surface area contributed by atoms with E-state index in [0.29, 0.717) is 16.7 Å². The number of anilines is 1. The van der Waals surface area contributed by atoms with Gasteiger partial charge in [0, 0.05) is 17.3 Å². The average Bonchev–Trinajstić information content (AvgIpc) is 3.18. The van der Waals surface area contributed by atoms with E-state index in [2.05, 4.69) is 15.3 Å². The number of thiazole rings is 2. The first-order valence-electron chi connectivity index (χ1n) is 7.87. The van der Waals surface area contributed by atoms with Gasteiger partial charge in [0.2, 0.25) is 0 Å². The summed E-state index contributed by atoms with van der Waals surface area (Å²) in [6.45, 7) is 4.30. The smallest absolute Gasteiger partial charge is 0.271 e. The summed E-state index contributed by atoms with van der Waals surface area (Å²) in [6, 6.07) is 5.55. The summed E-state index contributed by atoms with van der Waals surface area (Å²) in [4.78, 5) is 34.2. The molecule has 1 aromatic carbocycles. The fourth-order valence-corrected chi connectivity index (χ4v) is 4.28. The van der Waals surface area contributed by atoms with Crippen LogP contribution in [0.4, 0.5) is 5.13 Å². The number of aromatic nitrogens is 3. The predicted octanol–water partition coefficient (Wildman–Crippen LogP) is 3.33. The van der Waals surface area contributed by atoms with Crippen LogP contribution in [0.3, 0.4) is 0 Å². The molecule has 0 saturated heterocycles. The molecule has 0 aliphatic heterocycles. The number of nitrogens with zero attached hydrogens (tertiary/aromatic N) is 3. The van der Waals surface area contributed by atoms with Crippen LogP contribution in [-0.2, 0) is 0 Å². The van der Waals surface area contributed by atoms with Crippen molar-refractivity contribution < 1.29 is 9.53 Å². The number of fused-ring (bicyclic) bond motifs is 2. The molecule has 0 aliphatic rings. The van der Waals surface area contributed by atoms with Crippen molar-refractivity contribution in [3.05, 3.63) is 51.4 Å². The van der Waals surface area contributed by atoms with Crippen LogP contribution >= 0.6 is 22.7 Å². The van der Waals surface area contributed by atoms with Crippen LogP contribution in [0.25, 0.3) is 15.2 Å². The maximum atomic E-state index is 12.6. The van der Waals surface area contributed by atoms with Crippen LogP contribution in [0.1, 0.15) is 23.0 Å². The highest BCUT2D eigenvalue weighted by atomic mass is 32.1. The van der Waals surface area contributed by atoms with Gasteiger partial charge in [-0.25, -0.2) is 9.97 Å². The van der Waals surface area contributed by atoms with E-state index >= 15 is 0 Å². The second kappa shape index (κ2) is 6.50. The standard InChI is InChI=1S/C17H14N4O3S2/c1-3-24-10-4-5-12-13(6-10)26-16(19-12)20-14(22)11-7-18-17-21(15(11)23)9(2)8-25-17/h4-8H,3H2,1-2H3,(H,19,20,22). The maximum absolute atomic E-state index is 12.6. The number of carbonyl (C=O) groups is 1. The van der Waals surface area contributed by atoms with Crippen LogP contribution in [0.2, 0.25) is 0 Å². The molecular formula is C17H14N4O3S2. The van der Waals surface area contributed by atoms with E-state index in [1.54, 1.807) is 6.92 Å². The van der Waals surface area contributed by atoms with Gasteiger partial charge in [0.15, 0.2) is 10.1 Å². The Morgan fingerprint density at radius 2 is 2.23 bits per heavy atom. The molecule has 7 nitrogen and oxygen atoms in total. The average molecular weight is 386 g/mol. The lowest BCUT2D eigenvalue weighted by atomic mass is 10.3. The molecule has 0 radical (unpaired) electrons. The molecule has 0 spiro atoms. The van der Waals surface area contributed by atoms with Crippen LogP contribution in [-0.4, -0.2) is 26.9 Å². The Labute approximate surface area is 155 Å². The first kappa shape index (κ1) is 16.7. The molecule has 3 aromatic heterocycles. The molecule has 0 saturated carbocycles. The highest BCUT2D eigenvalue weighted by Crippen LogP contribution is 2.29. The van der Waals surface area contributed by atoms with Gasteiger partial charge in [0.1, 0.15) is 11.3 Å². The minimum Gasteiger partial charge on any atom is -0.494 e. The molecule has 4 aromatic rings. The summed E-state index contributed by atoms with van der Waals surface area (Å²) in [5, 5.41) is 4.94. The van der Waals surface area contributed by atoms with Crippen molar-refractivity contribution in [3.63, 3.8) is 0 Å². The number of hydrogen-bond donors (Lipinski definition) is 1. The molecule has 3 heterocycles. The summed E-state index contributed by atoms with van der Waals surface area (Å²) in [7, 11) is 0. The van der Waals surface area contributed by atoms with Gasteiger partial charge in [0.05, 0.1) is 16.8 Å². The number of benzene rings is 1. The Kier molecular flexibility index (Phi) is 4.17. The molecule has 0 atom stereocenters. The number of ether oxygens (including phenoxy) is 1. The Morgan fingerprint density at radius 3 is 3.04 bits per heavy atom. The molecule has 0 fully saturated rings. The number of nitrogens with one attached hydrogen (secondary N) is 1. The summed E-state index contributed by atoms with van der Waals surface area (Å²) in [6.07, 6.45) is 1.31. The van der Waals surface area contributed by atoms with E-state index < -0.39 is 5.91 Å². The van der Waals surface area contributed by atoms with Gasteiger partial charge in [0.25, 0.3) is 11.5 Å². The Hall–Kier alpha value is -2.78. The second-order valence-corrected chi connectivity index (χ2v) is 7.37. The molecule has 26 heavy (non-hydrogen) atoms. The van der Waals surface area contributed by atoms with Gasteiger partial charge in [-0.05, 0) is 32.0 Å². The topological polar surface area (TPSA) is 85.6 Å². The first-order valence-corrected chi connectivity index (χ1v) is 9.57. The van der Waals surface area contributed by atoms with E-state index in [0.717, 1.165) is 21.7 Å². The summed E-state index contributed by atoms with van der Waals surface area (Å²) >= 11 is 2.68. The molecule has 132 valence electrons. The van der Waals surface area contributed by atoms with E-state index in [-0.39, 0.29) is 11.1 Å². The van der Waals surface area contributed by atoms with Gasteiger partial charge in [-0.15, -0.1) is 11.3 Å². The lowest BCUT2D eigenvalue weighted by Crippen LogP contribution is -2.26. The van der Waals surface area contributed by atoms with Crippen molar-refractivity contribution in [2.24, 2.45) is 0 Å². The predicted molar refractivity (Wildman–Crippen MR) is 103 cm³/mol. The van der Waals surface area contributed by atoms with Crippen molar-refractivity contribution in [2.75, 3.05) is 11.9 Å². The monoisotopic (exact) mass is 386 g/mol. The third-order valence-electron chi connectivity index (χ3n) is 3.75. The van der Waals surface area contributed by atoms with Crippen LogP contribution in [0.15, 0.2) is 34.6 Å². The molecule has 4 rings (SSSR count). The fraction of sp³-hybridized carbons (Fsp3) is 0.176. The normalized spacial score (nSPS) is 11.2. The minimum atomic E-state index is -0.522. The van der Waals surface area contributed by atoms with Gasteiger partial charge < -0.3 is 4.74 Å². The summed E-state index contributed by atoms with van der Waals surface area (Å²) < 4.78 is 7.80. The number of aryl methyl sites for hydroxylation is 1. The van der Waals surface area contributed by atoms with E-state index in [1.165, 1.54) is 33.3 Å². The zero-order valence-corrected chi connectivity index (χ0v) is 15.6. The first-order chi connectivity index (χ1) is 12.6. The van der Waals surface area contributed by atoms with Crippen molar-refractivity contribution in [1.29, 1.82) is 0 Å². The Morgan fingerprint density at radius 1 is 1.38 bits per heavy atom. The van der Waals surface area contributed by atoms with E-state index in [9.17, 15) is 9.59 Å². The van der Waals surface area contributed by atoms with E-state index in [4.69, 9.17) is 4.74 Å². The zero-order valence-electron chi connectivity index (χ0n) is 14.0. The van der Waals surface area contributed by atoms with Crippen molar-refractivity contribution in [3.8, 4) is 5.75 Å². The number of amides is 1. The SMILES string of the molecule is CCOc1ccc2nc(NC(=O)c3cnc4scc(C)n4c3=O)sc2c1. The van der Waals surface area contributed by atoms with Gasteiger partial charge in [-0.1, -0.05) is 11.3 Å². The molecule has 0 unspecified atom stereocenters.